The average molecular weight is 225 g/mol. The second kappa shape index (κ2) is 5.68. The van der Waals surface area contributed by atoms with Gasteiger partial charge in [0.15, 0.2) is 11.4 Å². The number of amidine groups is 1. The number of aliphatic imine (C=N–C) groups is 1. The van der Waals surface area contributed by atoms with Crippen LogP contribution in [0.3, 0.4) is 0 Å². The molecule has 3 nitrogen and oxygen atoms in total. The number of rotatable bonds is 2. The first-order valence-corrected chi connectivity index (χ1v) is 6.09. The zero-order valence-electron chi connectivity index (χ0n) is 8.07. The minimum atomic E-state index is 0.642. The highest BCUT2D eigenvalue weighted by molar-refractivity contribution is 8.13. The molecule has 0 aliphatic carbocycles. The molecule has 1 aromatic heterocycles. The van der Waals surface area contributed by atoms with Gasteiger partial charge in [-0.1, -0.05) is 11.8 Å². The lowest BCUT2D eigenvalue weighted by Gasteiger charge is -1.97. The molecular weight excluding hydrogens is 214 g/mol. The van der Waals surface area contributed by atoms with E-state index in [9.17, 15) is 0 Å². The van der Waals surface area contributed by atoms with E-state index in [0.29, 0.717) is 11.7 Å². The normalized spacial score (nSPS) is 11.1. The molecule has 1 heterocycles. The van der Waals surface area contributed by atoms with Crippen molar-refractivity contribution in [2.75, 3.05) is 6.26 Å². The molecule has 1 aromatic rings. The fraction of sp³-hybridized carbons (Fsp3) is 0.333. The van der Waals surface area contributed by atoms with Gasteiger partial charge in [0, 0.05) is 9.75 Å². The van der Waals surface area contributed by atoms with Crippen molar-refractivity contribution in [3.8, 4) is 6.19 Å². The molecule has 1 rings (SSSR count). The molecule has 0 aliphatic rings. The number of thioether (sulfide) groups is 1. The number of nitriles is 1. The summed E-state index contributed by atoms with van der Waals surface area (Å²) >= 11 is 3.17. The number of hydrogen-bond acceptors (Lipinski definition) is 4. The molecule has 0 spiro atoms. The summed E-state index contributed by atoms with van der Waals surface area (Å²) in [5.41, 5.74) is 0. The lowest BCUT2D eigenvalue weighted by molar-refractivity contribution is 1.09. The molecule has 0 saturated carbocycles. The number of nitrogens with one attached hydrogen (secondary N) is 1. The molecule has 0 bridgehead atoms. The van der Waals surface area contributed by atoms with E-state index in [-0.39, 0.29) is 0 Å². The second-order valence-corrected chi connectivity index (χ2v) is 4.74. The molecule has 0 unspecified atom stereocenters. The average Bonchev–Trinajstić information content (AvgIpc) is 2.59. The third kappa shape index (κ3) is 3.40. The minimum absolute atomic E-state index is 0.642. The van der Waals surface area contributed by atoms with Crippen LogP contribution in [0.5, 0.6) is 0 Å². The van der Waals surface area contributed by atoms with Gasteiger partial charge in [0.25, 0.3) is 0 Å². The smallest absolute Gasteiger partial charge is 0.183 e. The van der Waals surface area contributed by atoms with Crippen molar-refractivity contribution in [3.05, 3.63) is 21.9 Å². The Hall–Kier alpha value is -0.990. The van der Waals surface area contributed by atoms with Gasteiger partial charge >= 0.3 is 0 Å². The maximum atomic E-state index is 8.42. The standard InChI is InChI=1S/C9H11N3S2/c1-7-3-4-8(14-7)5-11-9(13-2)12-6-10/h3-4H,5H2,1-2H3,(H,11,12). The van der Waals surface area contributed by atoms with Crippen LogP contribution in [-0.2, 0) is 6.54 Å². The van der Waals surface area contributed by atoms with E-state index in [1.165, 1.54) is 21.5 Å². The van der Waals surface area contributed by atoms with Gasteiger partial charge in [-0.15, -0.1) is 11.3 Å². The van der Waals surface area contributed by atoms with Gasteiger partial charge in [-0.25, -0.2) is 0 Å². The molecule has 0 saturated heterocycles. The molecule has 74 valence electrons. The third-order valence-electron chi connectivity index (χ3n) is 1.53. The van der Waals surface area contributed by atoms with Crippen molar-refractivity contribution in [3.63, 3.8) is 0 Å². The van der Waals surface area contributed by atoms with E-state index in [2.05, 4.69) is 29.4 Å². The second-order valence-electron chi connectivity index (χ2n) is 2.57. The van der Waals surface area contributed by atoms with Crippen molar-refractivity contribution >= 4 is 28.3 Å². The van der Waals surface area contributed by atoms with Crippen LogP contribution in [0, 0.1) is 18.4 Å². The number of nitrogens with zero attached hydrogens (tertiary/aromatic N) is 2. The Labute approximate surface area is 91.9 Å². The maximum Gasteiger partial charge on any atom is 0.183 e. The summed E-state index contributed by atoms with van der Waals surface area (Å²) < 4.78 is 0. The van der Waals surface area contributed by atoms with Gasteiger partial charge in [-0.3, -0.25) is 10.3 Å². The fourth-order valence-electron chi connectivity index (χ4n) is 0.923. The lowest BCUT2D eigenvalue weighted by atomic mass is 10.4. The van der Waals surface area contributed by atoms with Crippen LogP contribution in [0.2, 0.25) is 0 Å². The van der Waals surface area contributed by atoms with E-state index in [0.717, 1.165) is 0 Å². The molecule has 0 aromatic carbocycles. The van der Waals surface area contributed by atoms with Crippen molar-refractivity contribution in [2.45, 2.75) is 13.5 Å². The summed E-state index contributed by atoms with van der Waals surface area (Å²) in [7, 11) is 0. The Balaban J connectivity index is 2.57. The van der Waals surface area contributed by atoms with Gasteiger partial charge in [0.1, 0.15) is 0 Å². The molecular formula is C9H11N3S2. The molecule has 5 heteroatoms. The summed E-state index contributed by atoms with van der Waals surface area (Å²) in [6.07, 6.45) is 3.75. The predicted molar refractivity (Wildman–Crippen MR) is 62.5 cm³/mol. The highest BCUT2D eigenvalue weighted by Crippen LogP contribution is 2.16. The molecule has 0 aliphatic heterocycles. The summed E-state index contributed by atoms with van der Waals surface area (Å²) in [6.45, 7) is 2.71. The van der Waals surface area contributed by atoms with Crippen LogP contribution < -0.4 is 5.32 Å². The molecule has 0 radical (unpaired) electrons. The quantitative estimate of drug-likeness (QED) is 0.364. The third-order valence-corrected chi connectivity index (χ3v) is 3.13. The first-order chi connectivity index (χ1) is 6.76. The van der Waals surface area contributed by atoms with Crippen LogP contribution in [-0.4, -0.2) is 11.4 Å². The zero-order chi connectivity index (χ0) is 10.4. The summed E-state index contributed by atoms with van der Waals surface area (Å²) in [6, 6.07) is 4.14. The first-order valence-electron chi connectivity index (χ1n) is 4.05. The Morgan fingerprint density at radius 2 is 2.50 bits per heavy atom. The SMILES string of the molecule is CSC(=NCc1ccc(C)s1)NC#N. The van der Waals surface area contributed by atoms with Gasteiger partial charge in [0.05, 0.1) is 6.54 Å². The van der Waals surface area contributed by atoms with Gasteiger partial charge < -0.3 is 0 Å². The summed E-state index contributed by atoms with van der Waals surface area (Å²) in [5, 5.41) is 11.6. The van der Waals surface area contributed by atoms with Gasteiger partial charge in [0.2, 0.25) is 0 Å². The van der Waals surface area contributed by atoms with E-state index in [4.69, 9.17) is 5.26 Å². The summed E-state index contributed by atoms with van der Waals surface area (Å²) in [5.74, 6) is 0. The Kier molecular flexibility index (Phi) is 4.50. The van der Waals surface area contributed by atoms with E-state index in [1.807, 2.05) is 12.4 Å². The first kappa shape index (κ1) is 11.1. The van der Waals surface area contributed by atoms with Gasteiger partial charge in [-0.2, -0.15) is 5.26 Å². The predicted octanol–water partition coefficient (Wildman–Crippen LogP) is 2.35. The van der Waals surface area contributed by atoms with E-state index in [1.54, 1.807) is 11.3 Å². The number of aryl methyl sites for hydroxylation is 1. The minimum Gasteiger partial charge on any atom is -0.272 e. The van der Waals surface area contributed by atoms with E-state index < -0.39 is 0 Å². The van der Waals surface area contributed by atoms with Gasteiger partial charge in [-0.05, 0) is 25.3 Å². The lowest BCUT2D eigenvalue weighted by Crippen LogP contribution is -2.13. The van der Waals surface area contributed by atoms with Crippen molar-refractivity contribution in [2.24, 2.45) is 4.99 Å². The van der Waals surface area contributed by atoms with Crippen molar-refractivity contribution in [1.29, 1.82) is 5.26 Å². The molecule has 0 amide bonds. The molecule has 0 atom stereocenters. The Bertz CT molecular complexity index is 362. The van der Waals surface area contributed by atoms with Crippen LogP contribution in [0.25, 0.3) is 0 Å². The van der Waals surface area contributed by atoms with Crippen LogP contribution in [0.1, 0.15) is 9.75 Å². The molecule has 0 fully saturated rings. The molecule has 1 N–H and O–H groups in total. The Morgan fingerprint density at radius 1 is 1.71 bits per heavy atom. The topological polar surface area (TPSA) is 48.2 Å². The number of hydrogen-bond donors (Lipinski definition) is 1. The van der Waals surface area contributed by atoms with Crippen LogP contribution >= 0.6 is 23.1 Å². The van der Waals surface area contributed by atoms with Crippen LogP contribution in [0.15, 0.2) is 17.1 Å². The number of thiophene rings is 1. The summed E-state index contributed by atoms with van der Waals surface area (Å²) in [4.78, 5) is 6.77. The van der Waals surface area contributed by atoms with E-state index >= 15 is 0 Å². The molecule has 14 heavy (non-hydrogen) atoms. The monoisotopic (exact) mass is 225 g/mol. The highest BCUT2D eigenvalue weighted by Gasteiger charge is 1.97. The highest BCUT2D eigenvalue weighted by atomic mass is 32.2. The zero-order valence-corrected chi connectivity index (χ0v) is 9.71. The van der Waals surface area contributed by atoms with Crippen molar-refractivity contribution < 1.29 is 0 Å². The maximum absolute atomic E-state index is 8.42. The van der Waals surface area contributed by atoms with Crippen molar-refractivity contribution in [1.82, 2.24) is 5.32 Å². The Morgan fingerprint density at radius 3 is 3.00 bits per heavy atom. The van der Waals surface area contributed by atoms with Crippen LogP contribution in [0.4, 0.5) is 0 Å². The fourth-order valence-corrected chi connectivity index (χ4v) is 2.08. The largest absolute Gasteiger partial charge is 0.272 e.